The summed E-state index contributed by atoms with van der Waals surface area (Å²) in [7, 11) is 1.82. The lowest BCUT2D eigenvalue weighted by atomic mass is 9.33. The fourth-order valence-corrected chi connectivity index (χ4v) is 19.4. The predicted molar refractivity (Wildman–Crippen MR) is 339 cm³/mol. The number of carbonyl (C=O) groups excluding carboxylic acids is 1. The number of benzene rings is 3. The Balaban J connectivity index is 0.821. The molecule has 3 aromatic carbocycles. The van der Waals surface area contributed by atoms with E-state index in [2.05, 4.69) is 92.7 Å². The largest absolute Gasteiger partial charge is 0.432 e. The van der Waals surface area contributed by atoms with Crippen LogP contribution in [0.3, 0.4) is 0 Å². The van der Waals surface area contributed by atoms with E-state index in [1.165, 1.54) is 31.3 Å². The average Bonchev–Trinajstić information content (AvgIpc) is 1.22. The van der Waals surface area contributed by atoms with Crippen molar-refractivity contribution >= 4 is 5.97 Å². The molecule has 12 rings (SSSR count). The van der Waals surface area contributed by atoms with Crippen molar-refractivity contribution in [3.8, 4) is 0 Å². The number of nitrogens with two attached hydrogens (primary N) is 1. The second kappa shape index (κ2) is 25.3. The molecule has 12 unspecified atom stereocenters. The van der Waals surface area contributed by atoms with Crippen LogP contribution in [0.5, 0.6) is 0 Å². The molecular formula is C75H107NO13. The SMILES string of the molecule is COC1C[C@]2(C)C(=CCC3C4(C)CC[C@H](C)C(C)(C)[C@@H]4CC[C@@]32C)C2CC(C)(C)CC[C@]12C(=O)O[C@@H]1OC(COCc2ccccc2)[C@H](N)C(C)C1O[C@@H]1OC(C)[C@H](O[C@@H]2OC[C@@H](OCc3ccccc3)C(OCc3ccccc3)C2C)C2OC(C)(C)OC21. The summed E-state index contributed by atoms with van der Waals surface area (Å²) in [6, 6.07) is 29.8. The van der Waals surface area contributed by atoms with Gasteiger partial charge in [0.15, 0.2) is 18.4 Å². The molecule has 4 aliphatic heterocycles. The van der Waals surface area contributed by atoms with Crippen molar-refractivity contribution in [1.82, 2.24) is 0 Å². The second-order valence-electron chi connectivity index (χ2n) is 31.5. The van der Waals surface area contributed by atoms with E-state index in [0.29, 0.717) is 44.0 Å². The van der Waals surface area contributed by atoms with Crippen LogP contribution in [-0.2, 0) is 81.5 Å². The summed E-state index contributed by atoms with van der Waals surface area (Å²) in [5.41, 5.74) is 11.2. The fraction of sp³-hybridized carbons (Fsp3) is 0.720. The molecule has 0 amide bonds. The minimum Gasteiger partial charge on any atom is -0.432 e. The number of allylic oxidation sites excluding steroid dienone is 2. The van der Waals surface area contributed by atoms with Crippen LogP contribution in [0.4, 0.5) is 0 Å². The maximum Gasteiger partial charge on any atom is 0.317 e. The summed E-state index contributed by atoms with van der Waals surface area (Å²) < 4.78 is 82.4. The second-order valence-corrected chi connectivity index (χ2v) is 31.5. The van der Waals surface area contributed by atoms with Crippen molar-refractivity contribution in [1.29, 1.82) is 0 Å². The summed E-state index contributed by atoms with van der Waals surface area (Å²) in [6.07, 6.45) is 3.40. The molecule has 23 atom stereocenters. The van der Waals surface area contributed by atoms with Crippen LogP contribution in [0.25, 0.3) is 0 Å². The third-order valence-corrected chi connectivity index (χ3v) is 25.1. The van der Waals surface area contributed by atoms with Gasteiger partial charge in [-0.2, -0.15) is 0 Å². The van der Waals surface area contributed by atoms with E-state index in [-0.39, 0.29) is 70.3 Å². The van der Waals surface area contributed by atoms with Gasteiger partial charge in [0, 0.05) is 25.0 Å². The highest BCUT2D eigenvalue weighted by Crippen LogP contribution is 2.76. The molecule has 14 nitrogen and oxygen atoms in total. The molecule has 8 fully saturated rings. The Hall–Kier alpha value is -3.61. The molecule has 9 aliphatic rings. The number of ether oxygens (including phenoxy) is 12. The van der Waals surface area contributed by atoms with Crippen molar-refractivity contribution in [2.24, 2.45) is 73.7 Å². The molecule has 5 aliphatic carbocycles. The Morgan fingerprint density at radius 3 is 1.93 bits per heavy atom. The van der Waals surface area contributed by atoms with E-state index >= 15 is 4.79 Å². The maximum atomic E-state index is 16.4. The zero-order chi connectivity index (χ0) is 63.1. The van der Waals surface area contributed by atoms with Crippen LogP contribution in [-0.4, -0.2) is 112 Å². The van der Waals surface area contributed by atoms with E-state index in [1.54, 1.807) is 0 Å². The first-order chi connectivity index (χ1) is 42.3. The minimum atomic E-state index is -1.20. The van der Waals surface area contributed by atoms with Crippen molar-refractivity contribution in [3.05, 3.63) is 119 Å². The van der Waals surface area contributed by atoms with E-state index in [0.717, 1.165) is 42.4 Å². The summed E-state index contributed by atoms with van der Waals surface area (Å²) in [6.45, 7) is 31.7. The number of rotatable bonds is 17. The molecule has 0 spiro atoms. The standard InChI is InChI=1S/C75H107NO13/c1-45-32-34-72(11)56(70(45,7)8)33-35-73(12)57(72)31-30-52-53-38-69(5,6)36-37-75(53,58(78-14)39-74(52,73)13)68(77)87-66-61(46(2)59(76)54(84-66)43-79-40-49-24-18-15-19-25-49)85-67-64-63(88-71(9,10)89-64)62(48(4)83-67)86-65-47(3)60(81-42-51-28-22-17-23-29-51)55(44-82-65)80-41-50-26-20-16-21-27-50/h15-30,45-48,53-67H,31-44,76H2,1-14H3/t45-,46?,47?,48?,53?,54?,55+,56-,57?,58?,59+,60?,61?,62-,63?,64?,65-,66-,67-,72?,73-,74+,75+/m0/s1. The molecule has 4 saturated heterocycles. The number of hydrogen-bond acceptors (Lipinski definition) is 14. The van der Waals surface area contributed by atoms with Gasteiger partial charge in [0.2, 0.25) is 6.29 Å². The van der Waals surface area contributed by atoms with Crippen LogP contribution >= 0.6 is 0 Å². The average molecular weight is 1230 g/mol. The highest BCUT2D eigenvalue weighted by Gasteiger charge is 2.72. The van der Waals surface area contributed by atoms with Crippen LogP contribution < -0.4 is 5.73 Å². The van der Waals surface area contributed by atoms with E-state index in [9.17, 15) is 0 Å². The van der Waals surface area contributed by atoms with E-state index in [4.69, 9.17) is 62.6 Å². The minimum absolute atomic E-state index is 0.0126. The van der Waals surface area contributed by atoms with Gasteiger partial charge in [-0.15, -0.1) is 0 Å². The highest BCUT2D eigenvalue weighted by atomic mass is 16.8. The molecule has 4 saturated carbocycles. The Labute approximate surface area is 531 Å². The van der Waals surface area contributed by atoms with Crippen LogP contribution in [0.1, 0.15) is 164 Å². The zero-order valence-electron chi connectivity index (χ0n) is 56.0. The highest BCUT2D eigenvalue weighted by molar-refractivity contribution is 5.80. The van der Waals surface area contributed by atoms with Crippen molar-refractivity contribution in [3.63, 3.8) is 0 Å². The van der Waals surface area contributed by atoms with Gasteiger partial charge in [-0.1, -0.05) is 172 Å². The van der Waals surface area contributed by atoms with E-state index in [1.807, 2.05) is 102 Å². The maximum absolute atomic E-state index is 16.4. The number of hydrogen-bond donors (Lipinski definition) is 1. The third kappa shape index (κ3) is 12.0. The van der Waals surface area contributed by atoms with Gasteiger partial charge in [-0.05, 0) is 146 Å². The van der Waals surface area contributed by atoms with Gasteiger partial charge >= 0.3 is 5.97 Å². The Bertz CT molecular complexity index is 2920. The Morgan fingerprint density at radius 2 is 1.27 bits per heavy atom. The first kappa shape index (κ1) is 65.5. The summed E-state index contributed by atoms with van der Waals surface area (Å²) in [4.78, 5) is 16.4. The molecule has 2 N–H and O–H groups in total. The Morgan fingerprint density at radius 1 is 0.640 bits per heavy atom. The van der Waals surface area contributed by atoms with Crippen LogP contribution in [0.2, 0.25) is 0 Å². The predicted octanol–water partition coefficient (Wildman–Crippen LogP) is 13.7. The van der Waals surface area contributed by atoms with Gasteiger partial charge in [0.1, 0.15) is 42.0 Å². The quantitative estimate of drug-likeness (QED) is 0.101. The molecule has 14 heteroatoms. The number of esters is 1. The normalized spacial score (nSPS) is 43.7. The number of methoxy groups -OCH3 is 1. The van der Waals surface area contributed by atoms with Crippen LogP contribution in [0, 0.1) is 68.0 Å². The van der Waals surface area contributed by atoms with Gasteiger partial charge < -0.3 is 62.6 Å². The summed E-state index contributed by atoms with van der Waals surface area (Å²) in [5.74, 6) is -0.257. The molecule has 0 bridgehead atoms. The lowest BCUT2D eigenvalue weighted by Gasteiger charge is -2.72. The molecule has 490 valence electrons. The van der Waals surface area contributed by atoms with Crippen molar-refractivity contribution < 1.29 is 61.6 Å². The zero-order valence-corrected chi connectivity index (χ0v) is 56.0. The Kier molecular flexibility index (Phi) is 18.6. The van der Waals surface area contributed by atoms with E-state index < -0.39 is 84.8 Å². The molecule has 3 aromatic rings. The first-order valence-corrected chi connectivity index (χ1v) is 34.0. The summed E-state index contributed by atoms with van der Waals surface area (Å²) >= 11 is 0. The lowest BCUT2D eigenvalue weighted by molar-refractivity contribution is -0.354. The third-order valence-electron chi connectivity index (χ3n) is 25.1. The van der Waals surface area contributed by atoms with Gasteiger partial charge in [0.05, 0.1) is 51.3 Å². The molecule has 4 heterocycles. The molecule has 89 heavy (non-hydrogen) atoms. The first-order valence-electron chi connectivity index (χ1n) is 34.0. The monoisotopic (exact) mass is 1230 g/mol. The number of carbonyl (C=O) groups is 1. The smallest absolute Gasteiger partial charge is 0.317 e. The number of fused-ring (bicyclic) bond motifs is 8. The molecule has 0 aromatic heterocycles. The lowest BCUT2D eigenvalue weighted by Crippen LogP contribution is -2.68. The topological polar surface area (TPSA) is 154 Å². The van der Waals surface area contributed by atoms with Crippen LogP contribution in [0.15, 0.2) is 103 Å². The van der Waals surface area contributed by atoms with Gasteiger partial charge in [0.25, 0.3) is 0 Å². The summed E-state index contributed by atoms with van der Waals surface area (Å²) in [5, 5.41) is 0. The molecular weight excluding hydrogens is 1120 g/mol. The van der Waals surface area contributed by atoms with Gasteiger partial charge in [-0.3, -0.25) is 4.79 Å². The van der Waals surface area contributed by atoms with Crippen molar-refractivity contribution in [2.75, 3.05) is 20.3 Å². The fourth-order valence-electron chi connectivity index (χ4n) is 19.4. The van der Waals surface area contributed by atoms with Crippen molar-refractivity contribution in [2.45, 2.75) is 253 Å². The van der Waals surface area contributed by atoms with Gasteiger partial charge in [-0.25, -0.2) is 0 Å². The molecule has 0 radical (unpaired) electrons.